The van der Waals surface area contributed by atoms with Crippen molar-refractivity contribution in [1.29, 1.82) is 0 Å². The topological polar surface area (TPSA) is 81.1 Å². The molecule has 0 unspecified atom stereocenters. The van der Waals surface area contributed by atoms with Crippen molar-refractivity contribution in [2.75, 3.05) is 20.2 Å². The van der Waals surface area contributed by atoms with Gasteiger partial charge in [-0.3, -0.25) is 0 Å². The molecule has 2 N–H and O–H groups in total. The molecule has 0 aliphatic heterocycles. The van der Waals surface area contributed by atoms with Gasteiger partial charge in [-0.15, -0.1) is 0 Å². The normalized spacial score (nSPS) is 15.5. The zero-order chi connectivity index (χ0) is 13.2. The van der Waals surface area contributed by atoms with Crippen LogP contribution in [-0.4, -0.2) is 63.8 Å². The van der Waals surface area contributed by atoms with Crippen LogP contribution >= 0.6 is 0 Å². The first-order valence-electron chi connectivity index (χ1n) is 5.71. The van der Waals surface area contributed by atoms with E-state index in [1.54, 1.807) is 4.90 Å². The number of carbonyl (C=O) groups excluding carboxylic acids is 1. The molecule has 1 rings (SSSR count). The quantitative estimate of drug-likeness (QED) is 0.731. The lowest BCUT2D eigenvalue weighted by atomic mass is 10.0. The van der Waals surface area contributed by atoms with E-state index < -0.39 is 11.5 Å². The minimum Gasteiger partial charge on any atom is -0.480 e. The summed E-state index contributed by atoms with van der Waals surface area (Å²) in [6.45, 7) is 3.11. The Kier molecular flexibility index (Phi) is 3.98. The van der Waals surface area contributed by atoms with E-state index in [1.165, 1.54) is 25.8 Å². The summed E-state index contributed by atoms with van der Waals surface area (Å²) < 4.78 is 0. The highest BCUT2D eigenvalue weighted by Gasteiger charge is 2.40. The van der Waals surface area contributed by atoms with Crippen LogP contribution in [0.3, 0.4) is 0 Å². The Hall–Kier alpha value is -1.30. The van der Waals surface area contributed by atoms with Gasteiger partial charge in [-0.05, 0) is 26.7 Å². The molecule has 17 heavy (non-hydrogen) atoms. The maximum Gasteiger partial charge on any atom is 0.329 e. The molecule has 0 aromatic rings. The Morgan fingerprint density at radius 3 is 2.24 bits per heavy atom. The summed E-state index contributed by atoms with van der Waals surface area (Å²) >= 11 is 0. The third-order valence-electron chi connectivity index (χ3n) is 3.22. The molecular weight excluding hydrogens is 224 g/mol. The molecule has 6 heteroatoms. The van der Waals surface area contributed by atoms with Crippen LogP contribution in [0.2, 0.25) is 0 Å². The van der Waals surface area contributed by atoms with Gasteiger partial charge >= 0.3 is 12.0 Å². The average Bonchev–Trinajstić information content (AvgIpc) is 3.07. The summed E-state index contributed by atoms with van der Waals surface area (Å²) in [7, 11) is 1.48. The third-order valence-corrected chi connectivity index (χ3v) is 3.22. The Balaban J connectivity index is 2.76. The summed E-state index contributed by atoms with van der Waals surface area (Å²) in [5.74, 6) is -1.05. The predicted molar refractivity (Wildman–Crippen MR) is 61.7 cm³/mol. The highest BCUT2D eigenvalue weighted by atomic mass is 16.4. The standard InChI is InChI=1S/C11H20N2O4/c1-11(2,9(15)16)12(3)10(17)13(6-7-14)8-4-5-8/h8,14H,4-7H2,1-3H3,(H,15,16). The molecular formula is C11H20N2O4. The van der Waals surface area contributed by atoms with Gasteiger partial charge in [0.25, 0.3) is 0 Å². The van der Waals surface area contributed by atoms with E-state index in [4.69, 9.17) is 10.2 Å². The number of aliphatic hydroxyl groups is 1. The van der Waals surface area contributed by atoms with Crippen LogP contribution in [0, 0.1) is 0 Å². The number of rotatable bonds is 5. The van der Waals surface area contributed by atoms with Crippen LogP contribution in [-0.2, 0) is 4.79 Å². The smallest absolute Gasteiger partial charge is 0.329 e. The highest BCUT2D eigenvalue weighted by molar-refractivity contribution is 5.85. The molecule has 0 aromatic carbocycles. The van der Waals surface area contributed by atoms with Gasteiger partial charge in [0, 0.05) is 19.6 Å². The molecule has 6 nitrogen and oxygen atoms in total. The summed E-state index contributed by atoms with van der Waals surface area (Å²) in [5, 5.41) is 18.0. The van der Waals surface area contributed by atoms with E-state index in [2.05, 4.69) is 0 Å². The van der Waals surface area contributed by atoms with Gasteiger partial charge in [0.15, 0.2) is 0 Å². The number of amides is 2. The van der Waals surface area contributed by atoms with Gasteiger partial charge in [-0.25, -0.2) is 9.59 Å². The maximum absolute atomic E-state index is 12.1. The van der Waals surface area contributed by atoms with E-state index in [1.807, 2.05) is 0 Å². The number of nitrogens with zero attached hydrogens (tertiary/aromatic N) is 2. The van der Waals surface area contributed by atoms with E-state index >= 15 is 0 Å². The van der Waals surface area contributed by atoms with E-state index in [0.29, 0.717) is 0 Å². The van der Waals surface area contributed by atoms with Crippen LogP contribution in [0.1, 0.15) is 26.7 Å². The van der Waals surface area contributed by atoms with Crippen LogP contribution in [0.25, 0.3) is 0 Å². The van der Waals surface area contributed by atoms with Crippen molar-refractivity contribution in [2.24, 2.45) is 0 Å². The number of aliphatic carboxylic acids is 1. The zero-order valence-corrected chi connectivity index (χ0v) is 10.5. The lowest BCUT2D eigenvalue weighted by Crippen LogP contribution is -2.55. The monoisotopic (exact) mass is 244 g/mol. The Morgan fingerprint density at radius 1 is 1.35 bits per heavy atom. The predicted octanol–water partition coefficient (Wildman–Crippen LogP) is 0.358. The lowest BCUT2D eigenvalue weighted by Gasteiger charge is -2.36. The fourth-order valence-electron chi connectivity index (χ4n) is 1.50. The zero-order valence-electron chi connectivity index (χ0n) is 10.5. The first-order valence-corrected chi connectivity index (χ1v) is 5.71. The Bertz CT molecular complexity index is 313. The van der Waals surface area contributed by atoms with Crippen molar-refractivity contribution >= 4 is 12.0 Å². The molecule has 0 saturated heterocycles. The number of hydrogen-bond acceptors (Lipinski definition) is 3. The minimum absolute atomic E-state index is 0.108. The number of carbonyl (C=O) groups is 2. The lowest BCUT2D eigenvalue weighted by molar-refractivity contribution is -0.147. The molecule has 2 amide bonds. The van der Waals surface area contributed by atoms with Gasteiger partial charge < -0.3 is 20.0 Å². The van der Waals surface area contributed by atoms with Crippen molar-refractivity contribution < 1.29 is 19.8 Å². The van der Waals surface area contributed by atoms with E-state index in [-0.39, 0.29) is 25.2 Å². The molecule has 1 aliphatic carbocycles. The SMILES string of the molecule is CN(C(=O)N(CCO)C1CC1)C(C)(C)C(=O)O. The van der Waals surface area contributed by atoms with Gasteiger partial charge in [0.05, 0.1) is 6.61 Å². The van der Waals surface area contributed by atoms with Crippen LogP contribution in [0.5, 0.6) is 0 Å². The molecule has 1 saturated carbocycles. The number of aliphatic hydroxyl groups excluding tert-OH is 1. The van der Waals surface area contributed by atoms with Crippen LogP contribution in [0.4, 0.5) is 4.79 Å². The van der Waals surface area contributed by atoms with E-state index in [0.717, 1.165) is 12.8 Å². The van der Waals surface area contributed by atoms with Gasteiger partial charge in [0.1, 0.15) is 5.54 Å². The number of carboxylic acids is 1. The van der Waals surface area contributed by atoms with Gasteiger partial charge in [0.2, 0.25) is 0 Å². The summed E-state index contributed by atoms with van der Waals surface area (Å²) in [5.41, 5.74) is -1.25. The van der Waals surface area contributed by atoms with Crippen molar-refractivity contribution in [3.8, 4) is 0 Å². The van der Waals surface area contributed by atoms with Gasteiger partial charge in [-0.1, -0.05) is 0 Å². The highest BCUT2D eigenvalue weighted by Crippen LogP contribution is 2.28. The first-order chi connectivity index (χ1) is 7.82. The first kappa shape index (κ1) is 13.8. The largest absolute Gasteiger partial charge is 0.480 e. The second-order valence-corrected chi connectivity index (χ2v) is 4.85. The van der Waals surface area contributed by atoms with Crippen molar-refractivity contribution in [2.45, 2.75) is 38.3 Å². The summed E-state index contributed by atoms with van der Waals surface area (Å²) in [6.07, 6.45) is 1.85. The maximum atomic E-state index is 12.1. The van der Waals surface area contributed by atoms with Crippen molar-refractivity contribution in [3.63, 3.8) is 0 Å². The fraction of sp³-hybridized carbons (Fsp3) is 0.818. The number of urea groups is 1. The number of carboxylic acid groups (broad SMARTS) is 1. The molecule has 0 spiro atoms. The molecule has 1 fully saturated rings. The van der Waals surface area contributed by atoms with Crippen molar-refractivity contribution in [1.82, 2.24) is 9.80 Å². The number of likely N-dealkylation sites (N-methyl/N-ethyl adjacent to an activating group) is 1. The third kappa shape index (κ3) is 2.88. The molecule has 0 aromatic heterocycles. The minimum atomic E-state index is -1.25. The van der Waals surface area contributed by atoms with Crippen LogP contribution < -0.4 is 0 Å². The molecule has 0 heterocycles. The molecule has 0 radical (unpaired) electrons. The Labute approximate surface area is 101 Å². The number of hydrogen-bond donors (Lipinski definition) is 2. The van der Waals surface area contributed by atoms with Crippen LogP contribution in [0.15, 0.2) is 0 Å². The van der Waals surface area contributed by atoms with Crippen molar-refractivity contribution in [3.05, 3.63) is 0 Å². The summed E-state index contributed by atoms with van der Waals surface area (Å²) in [4.78, 5) is 26.0. The van der Waals surface area contributed by atoms with E-state index in [9.17, 15) is 9.59 Å². The Morgan fingerprint density at radius 2 is 1.88 bits per heavy atom. The van der Waals surface area contributed by atoms with Gasteiger partial charge in [-0.2, -0.15) is 0 Å². The molecule has 0 bridgehead atoms. The molecule has 0 atom stereocenters. The molecule has 98 valence electrons. The second kappa shape index (κ2) is 4.91. The summed E-state index contributed by atoms with van der Waals surface area (Å²) in [6, 6.07) is -0.185. The second-order valence-electron chi connectivity index (χ2n) is 4.85. The average molecular weight is 244 g/mol. The fourth-order valence-corrected chi connectivity index (χ4v) is 1.50. The molecule has 1 aliphatic rings.